The molecule has 1 heterocycles. The second-order valence-electron chi connectivity index (χ2n) is 2.74. The monoisotopic (exact) mass is 197 g/mol. The van der Waals surface area contributed by atoms with Gasteiger partial charge >= 0.3 is 0 Å². The van der Waals surface area contributed by atoms with E-state index in [-0.39, 0.29) is 0 Å². The van der Waals surface area contributed by atoms with Crippen molar-refractivity contribution in [3.63, 3.8) is 0 Å². The molecule has 0 saturated carbocycles. The first-order chi connectivity index (χ1) is 6.35. The lowest BCUT2D eigenvalue weighted by Gasteiger charge is -1.95. The lowest BCUT2D eigenvalue weighted by Crippen LogP contribution is -1.75. The summed E-state index contributed by atoms with van der Waals surface area (Å²) in [5.74, 6) is 1.20. The first-order valence-corrected chi connectivity index (χ1v) is 5.86. The van der Waals surface area contributed by atoms with Crippen LogP contribution in [-0.2, 0) is 0 Å². The molecule has 0 aromatic carbocycles. The lowest BCUT2D eigenvalue weighted by atomic mass is 10.5. The summed E-state index contributed by atoms with van der Waals surface area (Å²) in [4.78, 5) is 5.26. The van der Waals surface area contributed by atoms with Gasteiger partial charge in [-0.15, -0.1) is 11.8 Å². The molecule has 0 aliphatic carbocycles. The average molecular weight is 197 g/mol. The Kier molecular flexibility index (Phi) is 9.22. The molecule has 0 saturated heterocycles. The minimum absolute atomic E-state index is 1.20. The van der Waals surface area contributed by atoms with Gasteiger partial charge < -0.3 is 0 Å². The van der Waals surface area contributed by atoms with E-state index in [4.69, 9.17) is 0 Å². The minimum atomic E-state index is 1.20. The minimum Gasteiger partial charge on any atom is -0.265 e. The Labute approximate surface area is 86.0 Å². The molecule has 1 aromatic rings. The Balaban J connectivity index is 0.000000424. The zero-order chi connectivity index (χ0) is 9.94. The summed E-state index contributed by atoms with van der Waals surface area (Å²) in [5.41, 5.74) is 0. The molecule has 0 aliphatic rings. The maximum absolute atomic E-state index is 3.94. The van der Waals surface area contributed by atoms with Crippen LogP contribution in [0.25, 0.3) is 0 Å². The molecule has 0 aliphatic heterocycles. The number of nitrogens with zero attached hydrogens (tertiary/aromatic N) is 1. The van der Waals surface area contributed by atoms with Crippen LogP contribution < -0.4 is 0 Å². The second-order valence-corrected chi connectivity index (χ2v) is 3.91. The molecule has 0 spiro atoms. The number of rotatable bonds is 3. The molecule has 1 rings (SSSR count). The highest BCUT2D eigenvalue weighted by molar-refractivity contribution is 7.99. The topological polar surface area (TPSA) is 12.9 Å². The fourth-order valence-corrected chi connectivity index (χ4v) is 1.41. The summed E-state index contributed by atoms with van der Waals surface area (Å²) in [6, 6.07) is 4.08. The normalized spacial score (nSPS) is 8.85. The number of aromatic nitrogens is 1. The van der Waals surface area contributed by atoms with Gasteiger partial charge in [0.2, 0.25) is 0 Å². The van der Waals surface area contributed by atoms with E-state index in [1.807, 2.05) is 36.3 Å². The summed E-state index contributed by atoms with van der Waals surface area (Å²) in [6.45, 7) is 6.44. The number of pyridine rings is 1. The van der Waals surface area contributed by atoms with Gasteiger partial charge in [0.1, 0.15) is 0 Å². The number of hydrogen-bond donors (Lipinski definition) is 0. The molecule has 2 heteroatoms. The SMILES string of the molecule is CCC.CCCSc1ccncc1. The van der Waals surface area contributed by atoms with Crippen molar-refractivity contribution in [3.05, 3.63) is 24.5 Å². The van der Waals surface area contributed by atoms with Gasteiger partial charge in [0.25, 0.3) is 0 Å². The van der Waals surface area contributed by atoms with Crippen molar-refractivity contribution in [1.29, 1.82) is 0 Å². The first kappa shape index (κ1) is 12.5. The Bertz CT molecular complexity index is 187. The third-order valence-corrected chi connectivity index (χ3v) is 2.34. The smallest absolute Gasteiger partial charge is 0.0278 e. The Morgan fingerprint density at radius 1 is 1.15 bits per heavy atom. The molecule has 13 heavy (non-hydrogen) atoms. The largest absolute Gasteiger partial charge is 0.265 e. The van der Waals surface area contributed by atoms with Crippen molar-refractivity contribution in [1.82, 2.24) is 4.98 Å². The van der Waals surface area contributed by atoms with Gasteiger partial charge in [-0.25, -0.2) is 0 Å². The van der Waals surface area contributed by atoms with Crippen LogP contribution in [0.4, 0.5) is 0 Å². The van der Waals surface area contributed by atoms with Gasteiger partial charge in [-0.1, -0.05) is 27.2 Å². The van der Waals surface area contributed by atoms with Crippen molar-refractivity contribution in [3.8, 4) is 0 Å². The predicted molar refractivity (Wildman–Crippen MR) is 61.2 cm³/mol. The van der Waals surface area contributed by atoms with Crippen LogP contribution in [0.1, 0.15) is 33.6 Å². The van der Waals surface area contributed by atoms with Gasteiger partial charge in [-0.05, 0) is 24.3 Å². The van der Waals surface area contributed by atoms with Crippen LogP contribution >= 0.6 is 11.8 Å². The quantitative estimate of drug-likeness (QED) is 0.679. The van der Waals surface area contributed by atoms with Crippen molar-refractivity contribution >= 4 is 11.8 Å². The Morgan fingerprint density at radius 3 is 2.15 bits per heavy atom. The highest BCUT2D eigenvalue weighted by atomic mass is 32.2. The maximum Gasteiger partial charge on any atom is 0.0278 e. The lowest BCUT2D eigenvalue weighted by molar-refractivity contribution is 1.09. The average Bonchev–Trinajstić information content (AvgIpc) is 2.18. The first-order valence-electron chi connectivity index (χ1n) is 4.87. The highest BCUT2D eigenvalue weighted by Crippen LogP contribution is 2.16. The Morgan fingerprint density at radius 2 is 1.69 bits per heavy atom. The van der Waals surface area contributed by atoms with Crippen LogP contribution in [0, 0.1) is 0 Å². The van der Waals surface area contributed by atoms with E-state index < -0.39 is 0 Å². The van der Waals surface area contributed by atoms with Crippen molar-refractivity contribution < 1.29 is 0 Å². The molecule has 0 fully saturated rings. The van der Waals surface area contributed by atoms with Crippen molar-refractivity contribution in [2.75, 3.05) is 5.75 Å². The van der Waals surface area contributed by atoms with Gasteiger partial charge in [0.05, 0.1) is 0 Å². The van der Waals surface area contributed by atoms with Gasteiger partial charge in [-0.3, -0.25) is 4.98 Å². The van der Waals surface area contributed by atoms with Gasteiger partial charge in [-0.2, -0.15) is 0 Å². The number of thioether (sulfide) groups is 1. The van der Waals surface area contributed by atoms with Crippen LogP contribution in [0.3, 0.4) is 0 Å². The highest BCUT2D eigenvalue weighted by Gasteiger charge is 1.88. The van der Waals surface area contributed by atoms with Crippen molar-refractivity contribution in [2.24, 2.45) is 0 Å². The fraction of sp³-hybridized carbons (Fsp3) is 0.545. The molecule has 1 aromatic heterocycles. The van der Waals surface area contributed by atoms with Crippen LogP contribution in [0.2, 0.25) is 0 Å². The molecule has 74 valence electrons. The van der Waals surface area contributed by atoms with E-state index in [0.717, 1.165) is 0 Å². The zero-order valence-electron chi connectivity index (χ0n) is 8.79. The van der Waals surface area contributed by atoms with Gasteiger partial charge in [0, 0.05) is 17.3 Å². The standard InChI is InChI=1S/C8H11NS.C3H8/c1-2-7-10-8-3-5-9-6-4-8;1-3-2/h3-6H,2,7H2,1H3;3H2,1-2H3. The molecular formula is C11H19NS. The summed E-state index contributed by atoms with van der Waals surface area (Å²) in [6.07, 6.45) is 6.14. The van der Waals surface area contributed by atoms with E-state index in [9.17, 15) is 0 Å². The van der Waals surface area contributed by atoms with Crippen LogP contribution in [0.15, 0.2) is 29.4 Å². The molecule has 0 bridgehead atoms. The fourth-order valence-electron chi connectivity index (χ4n) is 0.654. The van der Waals surface area contributed by atoms with E-state index in [2.05, 4.69) is 25.8 Å². The van der Waals surface area contributed by atoms with Crippen molar-refractivity contribution in [2.45, 2.75) is 38.5 Å². The second kappa shape index (κ2) is 9.59. The molecular weight excluding hydrogens is 178 g/mol. The molecule has 0 N–H and O–H groups in total. The van der Waals surface area contributed by atoms with Crippen LogP contribution in [-0.4, -0.2) is 10.7 Å². The maximum atomic E-state index is 3.94. The van der Waals surface area contributed by atoms with E-state index in [0.29, 0.717) is 0 Å². The molecule has 1 nitrogen and oxygen atoms in total. The zero-order valence-corrected chi connectivity index (χ0v) is 9.60. The van der Waals surface area contributed by atoms with E-state index >= 15 is 0 Å². The third-order valence-electron chi connectivity index (χ3n) is 1.12. The van der Waals surface area contributed by atoms with E-state index in [1.54, 1.807) is 0 Å². The predicted octanol–water partition coefficient (Wildman–Crippen LogP) is 4.00. The molecule has 0 atom stereocenters. The molecule has 0 unspecified atom stereocenters. The van der Waals surface area contributed by atoms with E-state index in [1.165, 1.54) is 23.5 Å². The Hall–Kier alpha value is -0.500. The third kappa shape index (κ3) is 7.85. The molecule has 0 radical (unpaired) electrons. The number of hydrogen-bond acceptors (Lipinski definition) is 2. The summed E-state index contributed by atoms with van der Waals surface area (Å²) in [5, 5.41) is 0. The summed E-state index contributed by atoms with van der Waals surface area (Å²) in [7, 11) is 0. The molecule has 0 amide bonds. The summed E-state index contributed by atoms with van der Waals surface area (Å²) >= 11 is 1.88. The van der Waals surface area contributed by atoms with Crippen LogP contribution in [0.5, 0.6) is 0 Å². The summed E-state index contributed by atoms with van der Waals surface area (Å²) < 4.78 is 0. The van der Waals surface area contributed by atoms with Gasteiger partial charge in [0.15, 0.2) is 0 Å².